The monoisotopic (exact) mass is 436 g/mol. The Morgan fingerprint density at radius 2 is 2.14 bits per heavy atom. The van der Waals surface area contributed by atoms with Gasteiger partial charge in [0.05, 0.1) is 23.0 Å². The highest BCUT2D eigenvalue weighted by molar-refractivity contribution is 7.19. The van der Waals surface area contributed by atoms with Crippen LogP contribution in [0.2, 0.25) is 5.28 Å². The number of amides is 1. The molecule has 29 heavy (non-hydrogen) atoms. The van der Waals surface area contributed by atoms with Gasteiger partial charge in [-0.2, -0.15) is 4.98 Å². The molecule has 0 saturated carbocycles. The van der Waals surface area contributed by atoms with E-state index in [0.29, 0.717) is 18.8 Å². The number of aryl methyl sites for hydroxylation is 1. The fraction of sp³-hybridized carbons (Fsp3) is 0.450. The van der Waals surface area contributed by atoms with Gasteiger partial charge in [0.25, 0.3) is 0 Å². The molecule has 2 N–H and O–H groups in total. The summed E-state index contributed by atoms with van der Waals surface area (Å²) < 4.78 is 11.6. The molecule has 0 aliphatic rings. The number of nitrogens with one attached hydrogen (secondary N) is 2. The molecule has 9 heteroatoms. The molecule has 0 aliphatic heterocycles. The summed E-state index contributed by atoms with van der Waals surface area (Å²) in [7, 11) is 0. The standard InChI is InChI=1S/C20H25ClN4O3S/c1-11(23-19(26)28-20(3,4)5)9-14-12(2)15-16(29-14)17(25-18(21)24-15)22-10-13-7-6-8-27-13/h6-8,11H,9-10H2,1-5H3,(H,23,26)(H,22,24,25). The number of nitrogens with zero attached hydrogens (tertiary/aromatic N) is 2. The lowest BCUT2D eigenvalue weighted by Crippen LogP contribution is -2.38. The van der Waals surface area contributed by atoms with E-state index in [4.69, 9.17) is 20.8 Å². The highest BCUT2D eigenvalue weighted by Crippen LogP contribution is 2.35. The second-order valence-electron chi connectivity index (χ2n) is 7.85. The van der Waals surface area contributed by atoms with E-state index in [9.17, 15) is 4.79 Å². The Morgan fingerprint density at radius 3 is 2.79 bits per heavy atom. The minimum atomic E-state index is -0.530. The lowest BCUT2D eigenvalue weighted by molar-refractivity contribution is 0.0508. The van der Waals surface area contributed by atoms with E-state index >= 15 is 0 Å². The first kappa shape index (κ1) is 21.4. The van der Waals surface area contributed by atoms with Gasteiger partial charge in [-0.3, -0.25) is 0 Å². The zero-order valence-corrected chi connectivity index (χ0v) is 18.7. The Labute approximate surface area is 178 Å². The molecular weight excluding hydrogens is 412 g/mol. The first-order chi connectivity index (χ1) is 13.6. The molecule has 0 spiro atoms. The Kier molecular flexibility index (Phi) is 6.33. The van der Waals surface area contributed by atoms with Crippen molar-refractivity contribution in [3.05, 3.63) is 39.9 Å². The molecular formula is C20H25ClN4O3S. The lowest BCUT2D eigenvalue weighted by Gasteiger charge is -2.21. The van der Waals surface area contributed by atoms with Crippen molar-refractivity contribution in [2.24, 2.45) is 0 Å². The smallest absolute Gasteiger partial charge is 0.407 e. The van der Waals surface area contributed by atoms with Gasteiger partial charge in [0.2, 0.25) is 5.28 Å². The first-order valence-electron chi connectivity index (χ1n) is 9.33. The number of carbonyl (C=O) groups excluding carboxylic acids is 1. The van der Waals surface area contributed by atoms with Crippen LogP contribution in [-0.4, -0.2) is 27.7 Å². The van der Waals surface area contributed by atoms with E-state index in [-0.39, 0.29) is 11.3 Å². The third kappa shape index (κ3) is 5.61. The van der Waals surface area contributed by atoms with Crippen LogP contribution < -0.4 is 10.6 Å². The molecule has 0 radical (unpaired) electrons. The number of fused-ring (bicyclic) bond motifs is 1. The quantitative estimate of drug-likeness (QED) is 0.508. The Balaban J connectivity index is 1.77. The molecule has 3 aromatic rings. The Hall–Kier alpha value is -2.32. The summed E-state index contributed by atoms with van der Waals surface area (Å²) in [5, 5.41) is 6.34. The number of rotatable bonds is 6. The maximum atomic E-state index is 12.0. The average Bonchev–Trinajstić information content (AvgIpc) is 3.21. The van der Waals surface area contributed by atoms with Gasteiger partial charge >= 0.3 is 6.09 Å². The van der Waals surface area contributed by atoms with E-state index in [2.05, 4.69) is 20.6 Å². The molecule has 0 bridgehead atoms. The topological polar surface area (TPSA) is 89.3 Å². The van der Waals surface area contributed by atoms with Gasteiger partial charge in [-0.1, -0.05) is 0 Å². The van der Waals surface area contributed by atoms with Crippen LogP contribution >= 0.6 is 22.9 Å². The van der Waals surface area contributed by atoms with E-state index in [0.717, 1.165) is 26.4 Å². The number of carbonyl (C=O) groups is 1. The summed E-state index contributed by atoms with van der Waals surface area (Å²) in [5.41, 5.74) is 1.32. The summed E-state index contributed by atoms with van der Waals surface area (Å²) in [6.07, 6.45) is 1.86. The van der Waals surface area contributed by atoms with E-state index in [1.165, 1.54) is 0 Å². The Bertz CT molecular complexity index is 995. The van der Waals surface area contributed by atoms with Crippen molar-refractivity contribution in [2.75, 3.05) is 5.32 Å². The molecule has 3 heterocycles. The highest BCUT2D eigenvalue weighted by Gasteiger charge is 2.21. The molecule has 1 amide bonds. The number of thiophene rings is 1. The molecule has 3 rings (SSSR count). The van der Waals surface area contributed by atoms with Crippen molar-refractivity contribution >= 4 is 45.1 Å². The zero-order chi connectivity index (χ0) is 21.2. The van der Waals surface area contributed by atoms with Gasteiger partial charge in [0.15, 0.2) is 0 Å². The van der Waals surface area contributed by atoms with Crippen molar-refractivity contribution in [1.82, 2.24) is 15.3 Å². The summed E-state index contributed by atoms with van der Waals surface area (Å²) >= 11 is 7.74. The lowest BCUT2D eigenvalue weighted by atomic mass is 10.1. The largest absolute Gasteiger partial charge is 0.467 e. The van der Waals surface area contributed by atoms with E-state index in [1.54, 1.807) is 17.6 Å². The molecule has 1 unspecified atom stereocenters. The Morgan fingerprint density at radius 1 is 1.38 bits per heavy atom. The van der Waals surface area contributed by atoms with Gasteiger partial charge in [-0.05, 0) is 63.9 Å². The number of alkyl carbamates (subject to hydrolysis) is 1. The van der Waals surface area contributed by atoms with Crippen LogP contribution in [0.25, 0.3) is 10.2 Å². The third-order valence-corrected chi connectivity index (χ3v) is 5.58. The molecule has 156 valence electrons. The molecule has 7 nitrogen and oxygen atoms in total. The van der Waals surface area contributed by atoms with Crippen LogP contribution in [0.15, 0.2) is 22.8 Å². The van der Waals surface area contributed by atoms with E-state index in [1.807, 2.05) is 46.8 Å². The number of aromatic nitrogens is 2. The summed E-state index contributed by atoms with van der Waals surface area (Å²) in [4.78, 5) is 21.9. The summed E-state index contributed by atoms with van der Waals surface area (Å²) in [6, 6.07) is 3.63. The fourth-order valence-electron chi connectivity index (χ4n) is 2.84. The maximum Gasteiger partial charge on any atom is 0.407 e. The number of anilines is 1. The fourth-order valence-corrected chi connectivity index (χ4v) is 4.35. The third-order valence-electron chi connectivity index (χ3n) is 4.10. The van der Waals surface area contributed by atoms with Crippen molar-refractivity contribution in [2.45, 2.75) is 59.2 Å². The number of ether oxygens (including phenoxy) is 1. The minimum absolute atomic E-state index is 0.0976. The van der Waals surface area contributed by atoms with Crippen LogP contribution in [0, 0.1) is 6.92 Å². The average molecular weight is 437 g/mol. The van der Waals surface area contributed by atoms with Gasteiger partial charge in [0.1, 0.15) is 17.2 Å². The SMILES string of the molecule is Cc1c(CC(C)NC(=O)OC(C)(C)C)sc2c(NCc3ccco3)nc(Cl)nc12. The van der Waals surface area contributed by atoms with Crippen molar-refractivity contribution in [3.8, 4) is 0 Å². The summed E-state index contributed by atoms with van der Waals surface area (Å²) in [5.74, 6) is 1.47. The molecule has 0 aliphatic carbocycles. The number of furan rings is 1. The molecule has 0 aromatic carbocycles. The van der Waals surface area contributed by atoms with Crippen molar-refractivity contribution in [3.63, 3.8) is 0 Å². The van der Waals surface area contributed by atoms with Crippen molar-refractivity contribution in [1.29, 1.82) is 0 Å². The van der Waals surface area contributed by atoms with Crippen LogP contribution in [-0.2, 0) is 17.7 Å². The predicted octanol–water partition coefficient (Wildman–Crippen LogP) is 5.31. The number of hydrogen-bond acceptors (Lipinski definition) is 7. The first-order valence-corrected chi connectivity index (χ1v) is 10.5. The van der Waals surface area contributed by atoms with Gasteiger partial charge in [-0.25, -0.2) is 9.78 Å². The summed E-state index contributed by atoms with van der Waals surface area (Å²) in [6.45, 7) is 9.97. The number of halogens is 1. The molecule has 0 fully saturated rings. The van der Waals surface area contributed by atoms with Gasteiger partial charge in [-0.15, -0.1) is 11.3 Å². The second-order valence-corrected chi connectivity index (χ2v) is 9.30. The minimum Gasteiger partial charge on any atom is -0.467 e. The molecule has 1 atom stereocenters. The zero-order valence-electron chi connectivity index (χ0n) is 17.1. The normalized spacial score (nSPS) is 12.8. The van der Waals surface area contributed by atoms with Crippen molar-refractivity contribution < 1.29 is 13.9 Å². The van der Waals surface area contributed by atoms with Gasteiger partial charge in [0, 0.05) is 17.3 Å². The van der Waals surface area contributed by atoms with Crippen LogP contribution in [0.1, 0.15) is 43.9 Å². The van der Waals surface area contributed by atoms with Crippen LogP contribution in [0.3, 0.4) is 0 Å². The van der Waals surface area contributed by atoms with Crippen LogP contribution in [0.4, 0.5) is 10.6 Å². The predicted molar refractivity (Wildman–Crippen MR) is 116 cm³/mol. The maximum absolute atomic E-state index is 12.0. The molecule has 0 saturated heterocycles. The number of hydrogen-bond donors (Lipinski definition) is 2. The second kappa shape index (κ2) is 8.59. The van der Waals surface area contributed by atoms with E-state index < -0.39 is 11.7 Å². The highest BCUT2D eigenvalue weighted by atomic mass is 35.5. The van der Waals surface area contributed by atoms with Gasteiger partial charge < -0.3 is 19.8 Å². The molecule has 3 aromatic heterocycles. The van der Waals surface area contributed by atoms with Crippen LogP contribution in [0.5, 0.6) is 0 Å².